The highest BCUT2D eigenvalue weighted by molar-refractivity contribution is 5.91. The highest BCUT2D eigenvalue weighted by atomic mass is 16.5. The van der Waals surface area contributed by atoms with Crippen LogP contribution in [0.4, 0.5) is 0 Å². The molecule has 0 aliphatic rings. The monoisotopic (exact) mass is 349 g/mol. The van der Waals surface area contributed by atoms with Gasteiger partial charge in [0.25, 0.3) is 0 Å². The molecule has 1 unspecified atom stereocenters. The molecule has 0 bridgehead atoms. The molecule has 0 saturated heterocycles. The lowest BCUT2D eigenvalue weighted by Gasteiger charge is -2.17. The first-order valence-electron chi connectivity index (χ1n) is 8.69. The Kier molecular flexibility index (Phi) is 5.87. The highest BCUT2D eigenvalue weighted by Crippen LogP contribution is 2.24. The summed E-state index contributed by atoms with van der Waals surface area (Å²) >= 11 is 0. The molecule has 1 atom stereocenters. The molecule has 4 nitrogen and oxygen atoms in total. The molecule has 134 valence electrons. The molecule has 0 spiro atoms. The number of carbonyl (C=O) groups is 1. The molecule has 0 aliphatic heterocycles. The van der Waals surface area contributed by atoms with Gasteiger partial charge in [-0.2, -0.15) is 0 Å². The number of methoxy groups -OCH3 is 1. The quantitative estimate of drug-likeness (QED) is 0.689. The molecule has 0 radical (unpaired) electrons. The van der Waals surface area contributed by atoms with Crippen molar-refractivity contribution in [3.63, 3.8) is 0 Å². The van der Waals surface area contributed by atoms with Crippen molar-refractivity contribution in [2.24, 2.45) is 0 Å². The largest absolute Gasteiger partial charge is 0.497 e. The molecule has 2 N–H and O–H groups in total. The van der Waals surface area contributed by atoms with E-state index in [1.54, 1.807) is 7.11 Å². The Bertz CT molecular complexity index is 877. The number of ether oxygens (including phenoxy) is 1. The van der Waals surface area contributed by atoms with Gasteiger partial charge in [-0.3, -0.25) is 4.79 Å². The predicted molar refractivity (Wildman–Crippen MR) is 103 cm³/mol. The molecule has 0 aromatic heterocycles. The van der Waals surface area contributed by atoms with Crippen molar-refractivity contribution < 1.29 is 14.6 Å². The number of rotatable bonds is 7. The minimum Gasteiger partial charge on any atom is -0.497 e. The van der Waals surface area contributed by atoms with E-state index in [1.807, 2.05) is 66.7 Å². The van der Waals surface area contributed by atoms with Crippen molar-refractivity contribution in [1.29, 1.82) is 0 Å². The second-order valence-corrected chi connectivity index (χ2v) is 6.32. The average Bonchev–Trinajstić information content (AvgIpc) is 2.68. The third kappa shape index (κ3) is 4.41. The van der Waals surface area contributed by atoms with Gasteiger partial charge >= 0.3 is 0 Å². The van der Waals surface area contributed by atoms with Crippen LogP contribution < -0.4 is 10.1 Å². The topological polar surface area (TPSA) is 58.6 Å². The molecule has 26 heavy (non-hydrogen) atoms. The summed E-state index contributed by atoms with van der Waals surface area (Å²) in [4.78, 5) is 12.5. The zero-order valence-electron chi connectivity index (χ0n) is 14.8. The number of hydrogen-bond donors (Lipinski definition) is 2. The maximum Gasteiger partial charge on any atom is 0.224 e. The fraction of sp³-hybridized carbons (Fsp3) is 0.227. The summed E-state index contributed by atoms with van der Waals surface area (Å²) in [5.74, 6) is 0.665. The van der Waals surface area contributed by atoms with Gasteiger partial charge in [0.05, 0.1) is 26.2 Å². The Hall–Kier alpha value is -2.85. The minimum absolute atomic E-state index is 0.0933. The number of benzene rings is 3. The van der Waals surface area contributed by atoms with Gasteiger partial charge in [0, 0.05) is 0 Å². The Labute approximate surface area is 153 Å². The lowest BCUT2D eigenvalue weighted by atomic mass is 10.0. The van der Waals surface area contributed by atoms with Crippen LogP contribution in [0.15, 0.2) is 66.7 Å². The molecule has 3 aromatic rings. The summed E-state index contributed by atoms with van der Waals surface area (Å²) in [6.45, 7) is -0.0933. The van der Waals surface area contributed by atoms with Crippen molar-refractivity contribution in [2.75, 3.05) is 13.7 Å². The third-order valence-corrected chi connectivity index (χ3v) is 4.44. The predicted octanol–water partition coefficient (Wildman–Crippen LogP) is 3.11. The zero-order chi connectivity index (χ0) is 18.4. The van der Waals surface area contributed by atoms with Gasteiger partial charge in [-0.25, -0.2) is 0 Å². The van der Waals surface area contributed by atoms with E-state index >= 15 is 0 Å². The first-order valence-corrected chi connectivity index (χ1v) is 8.69. The summed E-state index contributed by atoms with van der Waals surface area (Å²) in [5.41, 5.74) is 2.03. The number of hydrogen-bond acceptors (Lipinski definition) is 3. The van der Waals surface area contributed by atoms with E-state index in [-0.39, 0.29) is 25.0 Å². The van der Waals surface area contributed by atoms with Crippen molar-refractivity contribution in [1.82, 2.24) is 5.32 Å². The first kappa shape index (κ1) is 18.0. The number of carbonyl (C=O) groups excluding carboxylic acids is 1. The van der Waals surface area contributed by atoms with Crippen molar-refractivity contribution in [3.8, 4) is 5.75 Å². The number of amides is 1. The fourth-order valence-corrected chi connectivity index (χ4v) is 3.11. The highest BCUT2D eigenvalue weighted by Gasteiger charge is 2.14. The van der Waals surface area contributed by atoms with Crippen LogP contribution in [0.1, 0.15) is 11.1 Å². The van der Waals surface area contributed by atoms with Gasteiger partial charge in [0.2, 0.25) is 5.91 Å². The number of fused-ring (bicyclic) bond motifs is 1. The standard InChI is InChI=1S/C22H23NO3/c1-26-20-11-10-17-8-5-9-18(21(17)14-20)13-22(25)23-19(15-24)12-16-6-3-2-4-7-16/h2-11,14,19,24H,12-13,15H2,1H3,(H,23,25). The smallest absolute Gasteiger partial charge is 0.224 e. The van der Waals surface area contributed by atoms with E-state index in [1.165, 1.54) is 0 Å². The van der Waals surface area contributed by atoms with Gasteiger partial charge in [-0.1, -0.05) is 54.6 Å². The normalized spacial score (nSPS) is 11.9. The van der Waals surface area contributed by atoms with Gasteiger partial charge in [0.15, 0.2) is 0 Å². The summed E-state index contributed by atoms with van der Waals surface area (Å²) in [7, 11) is 1.63. The summed E-state index contributed by atoms with van der Waals surface area (Å²) < 4.78 is 5.30. The van der Waals surface area contributed by atoms with E-state index in [9.17, 15) is 9.90 Å². The van der Waals surface area contributed by atoms with E-state index in [0.717, 1.165) is 27.6 Å². The molecule has 3 rings (SSSR count). The van der Waals surface area contributed by atoms with E-state index in [0.29, 0.717) is 6.42 Å². The second-order valence-electron chi connectivity index (χ2n) is 6.32. The molecule has 1 amide bonds. The molecular formula is C22H23NO3. The lowest BCUT2D eigenvalue weighted by Crippen LogP contribution is -2.39. The number of nitrogens with one attached hydrogen (secondary N) is 1. The zero-order valence-corrected chi connectivity index (χ0v) is 14.8. The van der Waals surface area contributed by atoms with Crippen LogP contribution in [0.3, 0.4) is 0 Å². The number of aliphatic hydroxyl groups excluding tert-OH is 1. The maximum atomic E-state index is 12.5. The Balaban J connectivity index is 1.72. The average molecular weight is 349 g/mol. The Morgan fingerprint density at radius 2 is 1.88 bits per heavy atom. The summed E-state index contributed by atoms with van der Waals surface area (Å²) in [5, 5.41) is 14.6. The van der Waals surface area contributed by atoms with E-state index in [2.05, 4.69) is 5.32 Å². The first-order chi connectivity index (χ1) is 12.7. The lowest BCUT2D eigenvalue weighted by molar-refractivity contribution is -0.121. The van der Waals surface area contributed by atoms with E-state index in [4.69, 9.17) is 4.74 Å². The van der Waals surface area contributed by atoms with Crippen LogP contribution in [-0.4, -0.2) is 30.8 Å². The van der Waals surface area contributed by atoms with Gasteiger partial charge < -0.3 is 15.2 Å². The van der Waals surface area contributed by atoms with Crippen LogP contribution >= 0.6 is 0 Å². The molecule has 4 heteroatoms. The molecule has 0 heterocycles. The molecule has 0 saturated carbocycles. The maximum absolute atomic E-state index is 12.5. The van der Waals surface area contributed by atoms with Crippen LogP contribution in [-0.2, 0) is 17.6 Å². The Morgan fingerprint density at radius 1 is 1.08 bits per heavy atom. The van der Waals surface area contributed by atoms with Gasteiger partial charge in [-0.15, -0.1) is 0 Å². The number of aliphatic hydroxyl groups is 1. The van der Waals surface area contributed by atoms with E-state index < -0.39 is 0 Å². The van der Waals surface area contributed by atoms with Gasteiger partial charge in [0.1, 0.15) is 5.75 Å². The molecular weight excluding hydrogens is 326 g/mol. The minimum atomic E-state index is -0.297. The summed E-state index contributed by atoms with van der Waals surface area (Å²) in [6, 6.07) is 21.3. The third-order valence-electron chi connectivity index (χ3n) is 4.44. The van der Waals surface area contributed by atoms with Crippen LogP contribution in [0, 0.1) is 0 Å². The van der Waals surface area contributed by atoms with Crippen molar-refractivity contribution >= 4 is 16.7 Å². The van der Waals surface area contributed by atoms with Crippen LogP contribution in [0.5, 0.6) is 5.75 Å². The fourth-order valence-electron chi connectivity index (χ4n) is 3.11. The van der Waals surface area contributed by atoms with Crippen molar-refractivity contribution in [3.05, 3.63) is 77.9 Å². The SMILES string of the molecule is COc1ccc2cccc(CC(=O)NC(CO)Cc3ccccc3)c2c1. The Morgan fingerprint density at radius 3 is 2.62 bits per heavy atom. The molecule has 0 fully saturated rings. The van der Waals surface area contributed by atoms with Gasteiger partial charge in [-0.05, 0) is 40.5 Å². The summed E-state index contributed by atoms with van der Waals surface area (Å²) in [6.07, 6.45) is 0.863. The second kappa shape index (κ2) is 8.50. The van der Waals surface area contributed by atoms with Crippen molar-refractivity contribution in [2.45, 2.75) is 18.9 Å². The molecule has 3 aromatic carbocycles. The van der Waals surface area contributed by atoms with Crippen LogP contribution in [0.2, 0.25) is 0 Å². The molecule has 0 aliphatic carbocycles. The van der Waals surface area contributed by atoms with Crippen LogP contribution in [0.25, 0.3) is 10.8 Å².